The quantitative estimate of drug-likeness (QED) is 0.856. The Morgan fingerprint density at radius 3 is 2.64 bits per heavy atom. The van der Waals surface area contributed by atoms with Crippen LogP contribution in [-0.2, 0) is 11.3 Å². The number of hydrogen-bond acceptors (Lipinski definition) is 3. The number of benzene rings is 1. The molecular formula is C19H25ClN4O. The Hall–Kier alpha value is -1.85. The Balaban J connectivity index is 1.36. The Morgan fingerprint density at radius 1 is 1.28 bits per heavy atom. The Kier molecular flexibility index (Phi) is 6.10. The highest BCUT2D eigenvalue weighted by Crippen LogP contribution is 2.20. The SMILES string of the molecule is Cc1nccn1CC1CCN(CCC(=O)Nc2ccc(Cl)cc2)CC1. The van der Waals surface area contributed by atoms with Gasteiger partial charge in [-0.2, -0.15) is 0 Å². The second kappa shape index (κ2) is 8.50. The van der Waals surface area contributed by atoms with E-state index in [0.29, 0.717) is 17.4 Å². The third kappa shape index (κ3) is 5.31. The molecule has 0 bridgehead atoms. The lowest BCUT2D eigenvalue weighted by atomic mass is 9.96. The molecule has 1 amide bonds. The maximum Gasteiger partial charge on any atom is 0.225 e. The van der Waals surface area contributed by atoms with E-state index in [0.717, 1.165) is 37.7 Å². The number of piperidine rings is 1. The van der Waals surface area contributed by atoms with Crippen LogP contribution in [0.15, 0.2) is 36.7 Å². The lowest BCUT2D eigenvalue weighted by Crippen LogP contribution is -2.36. The molecule has 25 heavy (non-hydrogen) atoms. The Bertz CT molecular complexity index is 690. The van der Waals surface area contributed by atoms with Crippen molar-refractivity contribution in [3.05, 3.63) is 47.5 Å². The van der Waals surface area contributed by atoms with Gasteiger partial charge in [-0.15, -0.1) is 0 Å². The van der Waals surface area contributed by atoms with Crippen molar-refractivity contribution >= 4 is 23.2 Å². The molecule has 1 fully saturated rings. The Labute approximate surface area is 154 Å². The molecule has 134 valence electrons. The summed E-state index contributed by atoms with van der Waals surface area (Å²) in [5.74, 6) is 1.84. The maximum absolute atomic E-state index is 12.1. The minimum atomic E-state index is 0.0542. The number of nitrogens with zero attached hydrogens (tertiary/aromatic N) is 3. The summed E-state index contributed by atoms with van der Waals surface area (Å²) >= 11 is 5.85. The van der Waals surface area contributed by atoms with E-state index in [4.69, 9.17) is 11.6 Å². The van der Waals surface area contributed by atoms with E-state index in [9.17, 15) is 4.79 Å². The van der Waals surface area contributed by atoms with E-state index < -0.39 is 0 Å². The molecule has 3 rings (SSSR count). The molecule has 2 aromatic rings. The number of nitrogens with one attached hydrogen (secondary N) is 1. The molecule has 1 saturated heterocycles. The summed E-state index contributed by atoms with van der Waals surface area (Å²) in [6, 6.07) is 7.21. The lowest BCUT2D eigenvalue weighted by Gasteiger charge is -2.32. The summed E-state index contributed by atoms with van der Waals surface area (Å²) in [6.45, 7) is 6.04. The number of anilines is 1. The molecule has 5 nitrogen and oxygen atoms in total. The summed E-state index contributed by atoms with van der Waals surface area (Å²) in [7, 11) is 0. The molecule has 0 spiro atoms. The van der Waals surface area contributed by atoms with Gasteiger partial charge in [-0.1, -0.05) is 11.6 Å². The predicted octanol–water partition coefficient (Wildman–Crippen LogP) is 3.59. The minimum Gasteiger partial charge on any atom is -0.335 e. The number of halogens is 1. The fourth-order valence-electron chi connectivity index (χ4n) is 3.28. The second-order valence-electron chi connectivity index (χ2n) is 6.72. The largest absolute Gasteiger partial charge is 0.335 e. The average molecular weight is 361 g/mol. The number of carbonyl (C=O) groups excluding carboxylic acids is 1. The number of aromatic nitrogens is 2. The van der Waals surface area contributed by atoms with Crippen LogP contribution in [0.25, 0.3) is 0 Å². The monoisotopic (exact) mass is 360 g/mol. The van der Waals surface area contributed by atoms with E-state index >= 15 is 0 Å². The van der Waals surface area contributed by atoms with Gasteiger partial charge in [0.2, 0.25) is 5.91 Å². The second-order valence-corrected chi connectivity index (χ2v) is 7.15. The van der Waals surface area contributed by atoms with E-state index in [-0.39, 0.29) is 5.91 Å². The van der Waals surface area contributed by atoms with Crippen LogP contribution in [0.2, 0.25) is 5.02 Å². The highest BCUT2D eigenvalue weighted by atomic mass is 35.5. The van der Waals surface area contributed by atoms with Gasteiger partial charge in [-0.05, 0) is 63.0 Å². The van der Waals surface area contributed by atoms with Crippen molar-refractivity contribution in [2.45, 2.75) is 32.7 Å². The zero-order chi connectivity index (χ0) is 17.6. The van der Waals surface area contributed by atoms with Crippen molar-refractivity contribution in [1.29, 1.82) is 0 Å². The van der Waals surface area contributed by atoms with Crippen LogP contribution < -0.4 is 5.32 Å². The van der Waals surface area contributed by atoms with Gasteiger partial charge in [-0.3, -0.25) is 4.79 Å². The van der Waals surface area contributed by atoms with Crippen LogP contribution in [0.5, 0.6) is 0 Å². The van der Waals surface area contributed by atoms with Crippen LogP contribution in [0.1, 0.15) is 25.1 Å². The van der Waals surface area contributed by atoms with Gasteiger partial charge < -0.3 is 14.8 Å². The zero-order valence-electron chi connectivity index (χ0n) is 14.6. The molecule has 0 unspecified atom stereocenters. The van der Waals surface area contributed by atoms with Crippen LogP contribution >= 0.6 is 11.6 Å². The number of aryl methyl sites for hydroxylation is 1. The van der Waals surface area contributed by atoms with Crippen LogP contribution in [0, 0.1) is 12.8 Å². The smallest absolute Gasteiger partial charge is 0.225 e. The van der Waals surface area contributed by atoms with Gasteiger partial charge in [-0.25, -0.2) is 4.98 Å². The molecule has 0 saturated carbocycles. The molecule has 1 aliphatic rings. The number of hydrogen-bond donors (Lipinski definition) is 1. The number of rotatable bonds is 6. The number of carbonyl (C=O) groups is 1. The first-order valence-electron chi connectivity index (χ1n) is 8.85. The molecule has 1 aromatic carbocycles. The van der Waals surface area contributed by atoms with Crippen LogP contribution in [0.3, 0.4) is 0 Å². The number of imidazole rings is 1. The van der Waals surface area contributed by atoms with Gasteiger partial charge in [0.1, 0.15) is 5.82 Å². The highest BCUT2D eigenvalue weighted by molar-refractivity contribution is 6.30. The normalized spacial score (nSPS) is 16.1. The molecule has 1 aliphatic heterocycles. The first-order chi connectivity index (χ1) is 12.1. The van der Waals surface area contributed by atoms with Gasteiger partial charge in [0.15, 0.2) is 0 Å². The summed E-state index contributed by atoms with van der Waals surface area (Å²) in [4.78, 5) is 18.7. The average Bonchev–Trinajstić information content (AvgIpc) is 3.01. The fourth-order valence-corrected chi connectivity index (χ4v) is 3.41. The third-order valence-corrected chi connectivity index (χ3v) is 5.12. The topological polar surface area (TPSA) is 50.2 Å². The third-order valence-electron chi connectivity index (χ3n) is 4.87. The standard InChI is InChI=1S/C19H25ClN4O/c1-15-21-9-13-24(15)14-16-6-10-23(11-7-16)12-8-19(25)22-18-4-2-17(20)3-5-18/h2-5,9,13,16H,6-8,10-12,14H2,1H3,(H,22,25). The molecule has 0 radical (unpaired) electrons. The van der Waals surface area contributed by atoms with Gasteiger partial charge >= 0.3 is 0 Å². The van der Waals surface area contributed by atoms with Crippen molar-refractivity contribution in [3.63, 3.8) is 0 Å². The summed E-state index contributed by atoms with van der Waals surface area (Å²) in [6.07, 6.45) is 6.80. The van der Waals surface area contributed by atoms with Crippen LogP contribution in [0.4, 0.5) is 5.69 Å². The molecule has 0 atom stereocenters. The maximum atomic E-state index is 12.1. The fraction of sp³-hybridized carbons (Fsp3) is 0.474. The highest BCUT2D eigenvalue weighted by Gasteiger charge is 2.20. The first-order valence-corrected chi connectivity index (χ1v) is 9.23. The molecule has 6 heteroatoms. The summed E-state index contributed by atoms with van der Waals surface area (Å²) in [5, 5.41) is 3.59. The Morgan fingerprint density at radius 2 is 2.00 bits per heavy atom. The van der Waals surface area contributed by atoms with Gasteiger partial charge in [0.05, 0.1) is 0 Å². The summed E-state index contributed by atoms with van der Waals surface area (Å²) < 4.78 is 2.24. The summed E-state index contributed by atoms with van der Waals surface area (Å²) in [5.41, 5.74) is 0.795. The van der Waals surface area contributed by atoms with Crippen molar-refractivity contribution in [3.8, 4) is 0 Å². The van der Waals surface area contributed by atoms with Crippen molar-refractivity contribution in [2.75, 3.05) is 25.0 Å². The van der Waals surface area contributed by atoms with Gasteiger partial charge in [0.25, 0.3) is 0 Å². The van der Waals surface area contributed by atoms with Crippen LogP contribution in [-0.4, -0.2) is 40.0 Å². The molecule has 1 aromatic heterocycles. The minimum absolute atomic E-state index is 0.0542. The molecular weight excluding hydrogens is 336 g/mol. The van der Waals surface area contributed by atoms with Crippen molar-refractivity contribution in [2.24, 2.45) is 5.92 Å². The number of likely N-dealkylation sites (tertiary alicyclic amines) is 1. The molecule has 1 N–H and O–H groups in total. The molecule has 2 heterocycles. The van der Waals surface area contributed by atoms with E-state index in [1.165, 1.54) is 12.8 Å². The van der Waals surface area contributed by atoms with Gasteiger partial charge in [0, 0.05) is 42.6 Å². The first kappa shape index (κ1) is 18.0. The van der Waals surface area contributed by atoms with Crippen molar-refractivity contribution in [1.82, 2.24) is 14.5 Å². The van der Waals surface area contributed by atoms with E-state index in [2.05, 4.69) is 32.9 Å². The molecule has 0 aliphatic carbocycles. The zero-order valence-corrected chi connectivity index (χ0v) is 15.4. The van der Waals surface area contributed by atoms with E-state index in [1.807, 2.05) is 18.3 Å². The van der Waals surface area contributed by atoms with E-state index in [1.54, 1.807) is 12.1 Å². The lowest BCUT2D eigenvalue weighted by molar-refractivity contribution is -0.116. The van der Waals surface area contributed by atoms with Crippen molar-refractivity contribution < 1.29 is 4.79 Å². The number of amides is 1. The predicted molar refractivity (Wildman–Crippen MR) is 101 cm³/mol.